The van der Waals surface area contributed by atoms with E-state index in [-0.39, 0.29) is 5.41 Å². The van der Waals surface area contributed by atoms with Crippen molar-refractivity contribution >= 4 is 0 Å². The molecule has 0 radical (unpaired) electrons. The maximum absolute atomic E-state index is 9.96. The third kappa shape index (κ3) is 3.67. The molecule has 0 aliphatic carbocycles. The first-order chi connectivity index (χ1) is 11.4. The Morgan fingerprint density at radius 3 is 2.38 bits per heavy atom. The summed E-state index contributed by atoms with van der Waals surface area (Å²) in [6.07, 6.45) is 4.56. The van der Waals surface area contributed by atoms with Gasteiger partial charge in [0, 0.05) is 24.4 Å². The van der Waals surface area contributed by atoms with E-state index in [2.05, 4.69) is 54.6 Å². The zero-order valence-electron chi connectivity index (χ0n) is 14.5. The standard InChI is InChI=1S/C21H24N2O/c1-21(2,3)18-10-8-16(9-11-18)14-20-22-12-13-23(20)15-17-6-4-5-7-19(17)24/h4-13,24H,14-15H2,1-3H3. The minimum Gasteiger partial charge on any atom is -0.508 e. The number of aromatic hydroxyl groups is 1. The molecule has 0 amide bonds. The first kappa shape index (κ1) is 16.3. The summed E-state index contributed by atoms with van der Waals surface area (Å²) in [5.74, 6) is 1.33. The first-order valence-electron chi connectivity index (χ1n) is 8.30. The van der Waals surface area contributed by atoms with E-state index >= 15 is 0 Å². The molecule has 0 fully saturated rings. The molecule has 3 nitrogen and oxygen atoms in total. The van der Waals surface area contributed by atoms with Crippen LogP contribution in [0, 0.1) is 0 Å². The lowest BCUT2D eigenvalue weighted by Gasteiger charge is -2.19. The third-order valence-corrected chi connectivity index (χ3v) is 4.32. The van der Waals surface area contributed by atoms with Crippen molar-refractivity contribution in [3.63, 3.8) is 0 Å². The molecular weight excluding hydrogens is 296 g/mol. The Bertz CT molecular complexity index is 810. The Morgan fingerprint density at radius 1 is 1.00 bits per heavy atom. The van der Waals surface area contributed by atoms with Crippen molar-refractivity contribution in [3.8, 4) is 5.75 Å². The molecule has 124 valence electrons. The molecule has 2 aromatic carbocycles. The van der Waals surface area contributed by atoms with Crippen molar-refractivity contribution in [1.82, 2.24) is 9.55 Å². The highest BCUT2D eigenvalue weighted by Crippen LogP contribution is 2.23. The summed E-state index contributed by atoms with van der Waals surface area (Å²) in [7, 11) is 0. The van der Waals surface area contributed by atoms with Crippen LogP contribution in [0.3, 0.4) is 0 Å². The van der Waals surface area contributed by atoms with Gasteiger partial charge in [0.2, 0.25) is 0 Å². The molecule has 0 bridgehead atoms. The van der Waals surface area contributed by atoms with E-state index in [1.165, 1.54) is 11.1 Å². The molecule has 3 rings (SSSR count). The Labute approximate surface area is 143 Å². The van der Waals surface area contributed by atoms with Crippen molar-refractivity contribution in [2.24, 2.45) is 0 Å². The first-order valence-corrected chi connectivity index (χ1v) is 8.30. The molecule has 24 heavy (non-hydrogen) atoms. The number of imidazole rings is 1. The largest absolute Gasteiger partial charge is 0.508 e. The summed E-state index contributed by atoms with van der Waals surface area (Å²) in [4.78, 5) is 4.49. The average molecular weight is 320 g/mol. The lowest BCUT2D eigenvalue weighted by atomic mass is 9.86. The molecule has 0 unspecified atom stereocenters. The third-order valence-electron chi connectivity index (χ3n) is 4.32. The second-order valence-electron chi connectivity index (χ2n) is 7.22. The van der Waals surface area contributed by atoms with Gasteiger partial charge in [-0.1, -0.05) is 63.2 Å². The summed E-state index contributed by atoms with van der Waals surface area (Å²) in [5, 5.41) is 9.96. The zero-order chi connectivity index (χ0) is 17.2. The molecule has 0 aliphatic heterocycles. The van der Waals surface area contributed by atoms with Gasteiger partial charge < -0.3 is 9.67 Å². The van der Waals surface area contributed by atoms with Crippen LogP contribution >= 0.6 is 0 Å². The fourth-order valence-corrected chi connectivity index (χ4v) is 2.78. The van der Waals surface area contributed by atoms with Gasteiger partial charge >= 0.3 is 0 Å². The van der Waals surface area contributed by atoms with Crippen molar-refractivity contribution in [3.05, 3.63) is 83.4 Å². The van der Waals surface area contributed by atoms with Gasteiger partial charge in [0.15, 0.2) is 0 Å². The van der Waals surface area contributed by atoms with E-state index < -0.39 is 0 Å². The zero-order valence-corrected chi connectivity index (χ0v) is 14.5. The van der Waals surface area contributed by atoms with Crippen LogP contribution in [0.15, 0.2) is 60.9 Å². The van der Waals surface area contributed by atoms with Crippen LogP contribution in [-0.2, 0) is 18.4 Å². The molecule has 0 aliphatic rings. The summed E-state index contributed by atoms with van der Waals surface area (Å²) >= 11 is 0. The van der Waals surface area contributed by atoms with Gasteiger partial charge in [0.1, 0.15) is 11.6 Å². The molecule has 1 heterocycles. The summed E-state index contributed by atoms with van der Waals surface area (Å²) in [5.41, 5.74) is 3.65. The highest BCUT2D eigenvalue weighted by atomic mass is 16.3. The molecule has 3 aromatic rings. The summed E-state index contributed by atoms with van der Waals surface area (Å²) < 4.78 is 2.09. The van der Waals surface area contributed by atoms with Crippen molar-refractivity contribution in [2.75, 3.05) is 0 Å². The van der Waals surface area contributed by atoms with E-state index in [0.29, 0.717) is 12.3 Å². The number of benzene rings is 2. The van der Waals surface area contributed by atoms with E-state index in [1.807, 2.05) is 30.6 Å². The highest BCUT2D eigenvalue weighted by Gasteiger charge is 2.13. The predicted molar refractivity (Wildman–Crippen MR) is 97.4 cm³/mol. The Hall–Kier alpha value is -2.55. The molecule has 0 saturated carbocycles. The number of aromatic nitrogens is 2. The highest BCUT2D eigenvalue weighted by molar-refractivity contribution is 5.33. The van der Waals surface area contributed by atoms with Crippen LogP contribution in [0.25, 0.3) is 0 Å². The molecule has 1 N–H and O–H groups in total. The number of para-hydroxylation sites is 1. The normalized spacial score (nSPS) is 11.6. The molecular formula is C21H24N2O. The number of phenolic OH excluding ortho intramolecular Hbond substituents is 1. The van der Waals surface area contributed by atoms with E-state index in [0.717, 1.165) is 17.8 Å². The number of rotatable bonds is 4. The minimum atomic E-state index is 0.168. The fraction of sp³-hybridized carbons (Fsp3) is 0.286. The summed E-state index contributed by atoms with van der Waals surface area (Å²) in [6, 6.07) is 16.2. The van der Waals surface area contributed by atoms with Crippen LogP contribution < -0.4 is 0 Å². The van der Waals surface area contributed by atoms with E-state index in [9.17, 15) is 5.11 Å². The van der Waals surface area contributed by atoms with Crippen molar-refractivity contribution in [2.45, 2.75) is 39.2 Å². The molecule has 0 saturated heterocycles. The van der Waals surface area contributed by atoms with Crippen LogP contribution in [0.1, 0.15) is 43.3 Å². The van der Waals surface area contributed by atoms with E-state index in [4.69, 9.17) is 0 Å². The van der Waals surface area contributed by atoms with Crippen LogP contribution in [-0.4, -0.2) is 14.7 Å². The van der Waals surface area contributed by atoms with Gasteiger partial charge in [0.05, 0.1) is 6.54 Å². The average Bonchev–Trinajstić information content (AvgIpc) is 2.96. The van der Waals surface area contributed by atoms with E-state index in [1.54, 1.807) is 6.07 Å². The van der Waals surface area contributed by atoms with Gasteiger partial charge in [-0.25, -0.2) is 4.98 Å². The number of hydrogen-bond donors (Lipinski definition) is 1. The maximum atomic E-state index is 9.96. The monoisotopic (exact) mass is 320 g/mol. The smallest absolute Gasteiger partial charge is 0.120 e. The summed E-state index contributed by atoms with van der Waals surface area (Å²) in [6.45, 7) is 7.30. The second-order valence-corrected chi connectivity index (χ2v) is 7.22. The Morgan fingerprint density at radius 2 is 1.71 bits per heavy atom. The SMILES string of the molecule is CC(C)(C)c1ccc(Cc2nccn2Cc2ccccc2O)cc1. The Kier molecular flexibility index (Phi) is 4.43. The molecule has 3 heteroatoms. The molecule has 0 atom stereocenters. The number of phenols is 1. The van der Waals surface area contributed by atoms with Gasteiger partial charge in [-0.05, 0) is 22.6 Å². The van der Waals surface area contributed by atoms with Gasteiger partial charge in [-0.3, -0.25) is 0 Å². The maximum Gasteiger partial charge on any atom is 0.120 e. The Balaban J connectivity index is 1.77. The van der Waals surface area contributed by atoms with Gasteiger partial charge in [0.25, 0.3) is 0 Å². The number of nitrogens with zero attached hydrogens (tertiary/aromatic N) is 2. The lowest BCUT2D eigenvalue weighted by Crippen LogP contribution is -2.11. The van der Waals surface area contributed by atoms with Gasteiger partial charge in [-0.15, -0.1) is 0 Å². The van der Waals surface area contributed by atoms with Crippen molar-refractivity contribution < 1.29 is 5.11 Å². The topological polar surface area (TPSA) is 38.0 Å². The van der Waals surface area contributed by atoms with Gasteiger partial charge in [-0.2, -0.15) is 0 Å². The second kappa shape index (κ2) is 6.52. The molecule has 0 spiro atoms. The van der Waals surface area contributed by atoms with Crippen LogP contribution in [0.5, 0.6) is 5.75 Å². The lowest BCUT2D eigenvalue weighted by molar-refractivity contribution is 0.465. The van der Waals surface area contributed by atoms with Crippen LogP contribution in [0.2, 0.25) is 0 Å². The quantitative estimate of drug-likeness (QED) is 0.767. The predicted octanol–water partition coefficient (Wildman–Crippen LogP) is 4.53. The fourth-order valence-electron chi connectivity index (χ4n) is 2.78. The number of hydrogen-bond acceptors (Lipinski definition) is 2. The minimum absolute atomic E-state index is 0.168. The molecule has 1 aromatic heterocycles. The van der Waals surface area contributed by atoms with Crippen molar-refractivity contribution in [1.29, 1.82) is 0 Å². The van der Waals surface area contributed by atoms with Crippen LogP contribution in [0.4, 0.5) is 0 Å².